The molecule has 0 aliphatic carbocycles. The number of thiocarbonyl (C=S) groups is 1. The quantitative estimate of drug-likeness (QED) is 0.768. The molecule has 0 saturated carbocycles. The van der Waals surface area contributed by atoms with E-state index in [0.29, 0.717) is 18.1 Å². The SMILES string of the molecule is CC1COC(CO)CN1c1ncccc1C(N)=S. The van der Waals surface area contributed by atoms with Gasteiger partial charge in [0.05, 0.1) is 30.9 Å². The van der Waals surface area contributed by atoms with Crippen LogP contribution in [-0.2, 0) is 4.74 Å². The standard InChI is InChI=1S/C12H17N3O2S/c1-8-7-17-9(6-16)5-15(8)12-10(11(13)18)3-2-4-14-12/h2-4,8-9,16H,5-7H2,1H3,(H2,13,18). The number of morpholine rings is 1. The number of rotatable bonds is 3. The molecule has 2 heterocycles. The average molecular weight is 267 g/mol. The molecule has 1 fully saturated rings. The van der Waals surface area contributed by atoms with Crippen LogP contribution in [0.15, 0.2) is 18.3 Å². The number of anilines is 1. The lowest BCUT2D eigenvalue weighted by molar-refractivity contribution is -0.0105. The molecule has 5 nitrogen and oxygen atoms in total. The number of ether oxygens (including phenoxy) is 1. The van der Waals surface area contributed by atoms with Crippen LogP contribution < -0.4 is 10.6 Å². The van der Waals surface area contributed by atoms with Gasteiger partial charge in [0.1, 0.15) is 10.8 Å². The van der Waals surface area contributed by atoms with E-state index in [1.807, 2.05) is 19.1 Å². The second-order valence-electron chi connectivity index (χ2n) is 4.38. The van der Waals surface area contributed by atoms with Gasteiger partial charge in [0.15, 0.2) is 0 Å². The monoisotopic (exact) mass is 267 g/mol. The van der Waals surface area contributed by atoms with E-state index in [2.05, 4.69) is 9.88 Å². The zero-order valence-electron chi connectivity index (χ0n) is 10.2. The zero-order valence-corrected chi connectivity index (χ0v) is 11.1. The van der Waals surface area contributed by atoms with Crippen molar-refractivity contribution >= 4 is 23.0 Å². The minimum absolute atomic E-state index is 0.00153. The molecule has 3 N–H and O–H groups in total. The molecule has 1 aliphatic heterocycles. The molecule has 0 radical (unpaired) electrons. The van der Waals surface area contributed by atoms with E-state index in [1.165, 1.54) is 0 Å². The number of hydrogen-bond donors (Lipinski definition) is 2. The van der Waals surface area contributed by atoms with Crippen molar-refractivity contribution in [3.05, 3.63) is 23.9 Å². The summed E-state index contributed by atoms with van der Waals surface area (Å²) in [6, 6.07) is 3.85. The molecule has 0 aromatic carbocycles. The summed E-state index contributed by atoms with van der Waals surface area (Å²) in [5, 5.41) is 9.20. The topological polar surface area (TPSA) is 71.6 Å². The number of nitrogens with two attached hydrogens (primary N) is 1. The van der Waals surface area contributed by atoms with Gasteiger partial charge in [-0.2, -0.15) is 0 Å². The minimum Gasteiger partial charge on any atom is -0.394 e. The molecule has 2 unspecified atom stereocenters. The summed E-state index contributed by atoms with van der Waals surface area (Å²) in [5.74, 6) is 0.763. The van der Waals surface area contributed by atoms with Gasteiger partial charge in [0.2, 0.25) is 0 Å². The Bertz CT molecular complexity index is 441. The smallest absolute Gasteiger partial charge is 0.139 e. The predicted molar refractivity (Wildman–Crippen MR) is 73.8 cm³/mol. The Balaban J connectivity index is 2.31. The molecule has 0 spiro atoms. The average Bonchev–Trinajstić information content (AvgIpc) is 2.39. The zero-order chi connectivity index (χ0) is 13.1. The number of aromatic nitrogens is 1. The Morgan fingerprint density at radius 1 is 1.72 bits per heavy atom. The first kappa shape index (κ1) is 13.2. The Morgan fingerprint density at radius 3 is 3.17 bits per heavy atom. The van der Waals surface area contributed by atoms with Crippen LogP contribution in [0, 0.1) is 0 Å². The predicted octanol–water partition coefficient (Wildman–Crippen LogP) is 0.302. The van der Waals surface area contributed by atoms with Crippen molar-refractivity contribution in [2.24, 2.45) is 5.73 Å². The molecule has 0 bridgehead atoms. The molecule has 1 aromatic heterocycles. The third kappa shape index (κ3) is 2.60. The third-order valence-corrected chi connectivity index (χ3v) is 3.25. The van der Waals surface area contributed by atoms with E-state index in [0.717, 1.165) is 11.4 Å². The molecule has 1 aromatic rings. The van der Waals surface area contributed by atoms with Gasteiger partial charge < -0.3 is 20.5 Å². The molecule has 0 amide bonds. The molecule has 98 valence electrons. The fraction of sp³-hybridized carbons (Fsp3) is 0.500. The Hall–Kier alpha value is -1.24. The maximum Gasteiger partial charge on any atom is 0.139 e. The Kier molecular flexibility index (Phi) is 4.11. The van der Waals surface area contributed by atoms with Crippen LogP contribution in [0.5, 0.6) is 0 Å². The van der Waals surface area contributed by atoms with E-state index in [4.69, 9.17) is 22.7 Å². The summed E-state index contributed by atoms with van der Waals surface area (Å²) >= 11 is 5.05. The summed E-state index contributed by atoms with van der Waals surface area (Å²) in [5.41, 5.74) is 6.48. The first-order chi connectivity index (χ1) is 8.63. The summed E-state index contributed by atoms with van der Waals surface area (Å²) in [6.45, 7) is 3.19. The van der Waals surface area contributed by atoms with Gasteiger partial charge in [0.25, 0.3) is 0 Å². The normalized spacial score (nSPS) is 24.0. The highest BCUT2D eigenvalue weighted by atomic mass is 32.1. The van der Waals surface area contributed by atoms with Crippen molar-refractivity contribution < 1.29 is 9.84 Å². The number of nitrogens with zero attached hydrogens (tertiary/aromatic N) is 2. The van der Waals surface area contributed by atoms with Crippen molar-refractivity contribution in [1.29, 1.82) is 0 Å². The van der Waals surface area contributed by atoms with Crippen molar-refractivity contribution in [2.75, 3.05) is 24.7 Å². The number of aliphatic hydroxyl groups is 1. The maximum atomic E-state index is 9.20. The van der Waals surface area contributed by atoms with Gasteiger partial charge in [-0.15, -0.1) is 0 Å². The lowest BCUT2D eigenvalue weighted by Gasteiger charge is -2.38. The highest BCUT2D eigenvalue weighted by Crippen LogP contribution is 2.23. The third-order valence-electron chi connectivity index (χ3n) is 3.03. The van der Waals surface area contributed by atoms with Crippen molar-refractivity contribution in [2.45, 2.75) is 19.1 Å². The second kappa shape index (κ2) is 5.60. The maximum absolute atomic E-state index is 9.20. The summed E-state index contributed by atoms with van der Waals surface area (Å²) in [7, 11) is 0. The van der Waals surface area contributed by atoms with E-state index in [-0.39, 0.29) is 18.8 Å². The second-order valence-corrected chi connectivity index (χ2v) is 4.82. The molecule has 2 atom stereocenters. The number of hydrogen-bond acceptors (Lipinski definition) is 5. The van der Waals surface area contributed by atoms with Gasteiger partial charge in [-0.05, 0) is 19.1 Å². The minimum atomic E-state index is -0.192. The lowest BCUT2D eigenvalue weighted by Crippen LogP contribution is -2.50. The van der Waals surface area contributed by atoms with Crippen LogP contribution in [0.4, 0.5) is 5.82 Å². The molecule has 18 heavy (non-hydrogen) atoms. The van der Waals surface area contributed by atoms with E-state index < -0.39 is 0 Å². The van der Waals surface area contributed by atoms with Gasteiger partial charge in [-0.1, -0.05) is 12.2 Å². The Labute approximate surface area is 112 Å². The van der Waals surface area contributed by atoms with Gasteiger partial charge >= 0.3 is 0 Å². The van der Waals surface area contributed by atoms with Gasteiger partial charge in [0, 0.05) is 12.7 Å². The first-order valence-corrected chi connectivity index (χ1v) is 6.28. The highest BCUT2D eigenvalue weighted by Gasteiger charge is 2.28. The van der Waals surface area contributed by atoms with Crippen molar-refractivity contribution in [1.82, 2.24) is 4.98 Å². The summed E-state index contributed by atoms with van der Waals surface area (Å²) in [4.78, 5) is 6.78. The Morgan fingerprint density at radius 2 is 2.50 bits per heavy atom. The molecule has 1 aliphatic rings. The van der Waals surface area contributed by atoms with Crippen LogP contribution in [0.25, 0.3) is 0 Å². The van der Waals surface area contributed by atoms with E-state index in [1.54, 1.807) is 6.20 Å². The fourth-order valence-corrected chi connectivity index (χ4v) is 2.20. The van der Waals surface area contributed by atoms with E-state index in [9.17, 15) is 5.11 Å². The van der Waals surface area contributed by atoms with Crippen molar-refractivity contribution in [3.8, 4) is 0 Å². The van der Waals surface area contributed by atoms with Gasteiger partial charge in [-0.25, -0.2) is 4.98 Å². The summed E-state index contributed by atoms with van der Waals surface area (Å²) in [6.07, 6.45) is 1.52. The van der Waals surface area contributed by atoms with Crippen LogP contribution in [0.3, 0.4) is 0 Å². The van der Waals surface area contributed by atoms with Crippen LogP contribution in [0.1, 0.15) is 12.5 Å². The lowest BCUT2D eigenvalue weighted by atomic mass is 10.1. The molecule has 6 heteroatoms. The fourth-order valence-electron chi connectivity index (χ4n) is 2.04. The number of aliphatic hydroxyl groups excluding tert-OH is 1. The largest absolute Gasteiger partial charge is 0.394 e. The molecular weight excluding hydrogens is 250 g/mol. The summed E-state index contributed by atoms with van der Waals surface area (Å²) < 4.78 is 5.51. The van der Waals surface area contributed by atoms with Crippen LogP contribution >= 0.6 is 12.2 Å². The van der Waals surface area contributed by atoms with Crippen molar-refractivity contribution in [3.63, 3.8) is 0 Å². The van der Waals surface area contributed by atoms with Crippen LogP contribution in [-0.4, -0.2) is 47.0 Å². The number of pyridine rings is 1. The van der Waals surface area contributed by atoms with Crippen LogP contribution in [0.2, 0.25) is 0 Å². The highest BCUT2D eigenvalue weighted by molar-refractivity contribution is 7.80. The van der Waals surface area contributed by atoms with Gasteiger partial charge in [-0.3, -0.25) is 0 Å². The molecular formula is C12H17N3O2S. The molecule has 2 rings (SSSR count). The molecule has 1 saturated heterocycles. The first-order valence-electron chi connectivity index (χ1n) is 5.87. The van der Waals surface area contributed by atoms with E-state index >= 15 is 0 Å².